The molecule has 1 aromatic rings. The molecule has 1 fully saturated rings. The summed E-state index contributed by atoms with van der Waals surface area (Å²) in [6.07, 6.45) is 0. The standard InChI is InChI=1S/C10H11N3O3/c14-10-9(11-4-5-12-10)7-2-1-3-8(6-7)13(15)16/h1-3,6,9,11H,4-5H2,(H,12,14). The van der Waals surface area contributed by atoms with Crippen LogP contribution in [0.1, 0.15) is 11.6 Å². The van der Waals surface area contributed by atoms with Crippen molar-refractivity contribution < 1.29 is 9.72 Å². The van der Waals surface area contributed by atoms with Crippen molar-refractivity contribution in [3.8, 4) is 0 Å². The Kier molecular flexibility index (Phi) is 2.82. The molecule has 1 atom stereocenters. The molecule has 0 radical (unpaired) electrons. The Morgan fingerprint density at radius 3 is 2.88 bits per heavy atom. The van der Waals surface area contributed by atoms with E-state index in [2.05, 4.69) is 10.6 Å². The van der Waals surface area contributed by atoms with Crippen LogP contribution in [0, 0.1) is 10.1 Å². The van der Waals surface area contributed by atoms with Crippen molar-refractivity contribution in [3.05, 3.63) is 39.9 Å². The van der Waals surface area contributed by atoms with Gasteiger partial charge in [-0.05, 0) is 5.56 Å². The number of hydrogen-bond donors (Lipinski definition) is 2. The molecule has 1 unspecified atom stereocenters. The Balaban J connectivity index is 2.28. The molecule has 1 heterocycles. The zero-order valence-electron chi connectivity index (χ0n) is 8.47. The molecule has 0 bridgehead atoms. The molecule has 1 aromatic carbocycles. The SMILES string of the molecule is O=C1NCCNC1c1cccc([N+](=O)[O-])c1. The minimum absolute atomic E-state index is 0.00215. The van der Waals surface area contributed by atoms with Crippen molar-refractivity contribution in [1.82, 2.24) is 10.6 Å². The first-order chi connectivity index (χ1) is 7.68. The van der Waals surface area contributed by atoms with E-state index in [0.717, 1.165) is 0 Å². The van der Waals surface area contributed by atoms with Crippen molar-refractivity contribution in [1.29, 1.82) is 0 Å². The van der Waals surface area contributed by atoms with E-state index in [-0.39, 0.29) is 11.6 Å². The van der Waals surface area contributed by atoms with Gasteiger partial charge in [-0.25, -0.2) is 0 Å². The van der Waals surface area contributed by atoms with Gasteiger partial charge in [-0.15, -0.1) is 0 Å². The van der Waals surface area contributed by atoms with Crippen molar-refractivity contribution >= 4 is 11.6 Å². The van der Waals surface area contributed by atoms with Gasteiger partial charge in [0.15, 0.2) is 0 Å². The summed E-state index contributed by atoms with van der Waals surface area (Å²) in [5, 5.41) is 16.3. The number of nitro groups is 1. The molecule has 2 rings (SSSR count). The monoisotopic (exact) mass is 221 g/mol. The van der Waals surface area contributed by atoms with E-state index in [1.165, 1.54) is 12.1 Å². The summed E-state index contributed by atoms with van der Waals surface area (Å²) in [7, 11) is 0. The summed E-state index contributed by atoms with van der Waals surface area (Å²) >= 11 is 0. The van der Waals surface area contributed by atoms with Crippen LogP contribution in [0.2, 0.25) is 0 Å². The van der Waals surface area contributed by atoms with Crippen LogP contribution in [0.4, 0.5) is 5.69 Å². The molecule has 1 aliphatic rings. The molecule has 2 N–H and O–H groups in total. The van der Waals surface area contributed by atoms with Crippen LogP contribution in [0.3, 0.4) is 0 Å². The molecular weight excluding hydrogens is 210 g/mol. The quantitative estimate of drug-likeness (QED) is 0.557. The third-order valence-electron chi connectivity index (χ3n) is 2.45. The maximum absolute atomic E-state index is 11.5. The summed E-state index contributed by atoms with van der Waals surface area (Å²) in [5.74, 6) is -0.147. The largest absolute Gasteiger partial charge is 0.353 e. The van der Waals surface area contributed by atoms with Gasteiger partial charge in [0.25, 0.3) is 5.69 Å². The molecule has 16 heavy (non-hydrogen) atoms. The molecule has 84 valence electrons. The number of nitrogens with zero attached hydrogens (tertiary/aromatic N) is 1. The van der Waals surface area contributed by atoms with E-state index in [1.54, 1.807) is 12.1 Å². The first-order valence-corrected chi connectivity index (χ1v) is 4.94. The number of nitrogens with one attached hydrogen (secondary N) is 2. The molecule has 0 saturated carbocycles. The molecule has 6 nitrogen and oxygen atoms in total. The molecule has 6 heteroatoms. The lowest BCUT2D eigenvalue weighted by atomic mass is 10.0. The van der Waals surface area contributed by atoms with E-state index in [1.807, 2.05) is 0 Å². The average molecular weight is 221 g/mol. The highest BCUT2D eigenvalue weighted by Gasteiger charge is 2.24. The summed E-state index contributed by atoms with van der Waals surface area (Å²) in [5.41, 5.74) is 0.615. The fraction of sp³-hybridized carbons (Fsp3) is 0.300. The van der Waals surface area contributed by atoms with Gasteiger partial charge in [-0.2, -0.15) is 0 Å². The second kappa shape index (κ2) is 4.28. The van der Waals surface area contributed by atoms with Crippen LogP contribution in [0.5, 0.6) is 0 Å². The first-order valence-electron chi connectivity index (χ1n) is 4.94. The average Bonchev–Trinajstić information content (AvgIpc) is 2.30. The number of hydrogen-bond acceptors (Lipinski definition) is 4. The second-order valence-electron chi connectivity index (χ2n) is 3.53. The molecular formula is C10H11N3O3. The summed E-state index contributed by atoms with van der Waals surface area (Å²) in [4.78, 5) is 21.7. The lowest BCUT2D eigenvalue weighted by Gasteiger charge is -2.23. The number of carbonyl (C=O) groups is 1. The fourth-order valence-corrected chi connectivity index (χ4v) is 1.68. The normalized spacial score (nSPS) is 20.2. The van der Waals surface area contributed by atoms with E-state index >= 15 is 0 Å². The summed E-state index contributed by atoms with van der Waals surface area (Å²) in [6, 6.07) is 5.62. The lowest BCUT2D eigenvalue weighted by Crippen LogP contribution is -2.47. The highest BCUT2D eigenvalue weighted by molar-refractivity contribution is 5.84. The highest BCUT2D eigenvalue weighted by Crippen LogP contribution is 2.20. The maximum atomic E-state index is 11.5. The van der Waals surface area contributed by atoms with Crippen molar-refractivity contribution in [3.63, 3.8) is 0 Å². The van der Waals surface area contributed by atoms with E-state index in [9.17, 15) is 14.9 Å². The van der Waals surface area contributed by atoms with E-state index in [4.69, 9.17) is 0 Å². The zero-order chi connectivity index (χ0) is 11.5. The number of piperazine rings is 1. The highest BCUT2D eigenvalue weighted by atomic mass is 16.6. The number of non-ortho nitro benzene ring substituents is 1. The third-order valence-corrected chi connectivity index (χ3v) is 2.45. The number of rotatable bonds is 2. The van der Waals surface area contributed by atoms with E-state index in [0.29, 0.717) is 18.7 Å². The van der Waals surface area contributed by atoms with Gasteiger partial charge in [0.2, 0.25) is 5.91 Å². The van der Waals surface area contributed by atoms with Crippen LogP contribution in [-0.2, 0) is 4.79 Å². The topological polar surface area (TPSA) is 84.3 Å². The maximum Gasteiger partial charge on any atom is 0.269 e. The number of amides is 1. The minimum atomic E-state index is -0.492. The van der Waals surface area contributed by atoms with Crippen LogP contribution in [0.15, 0.2) is 24.3 Å². The van der Waals surface area contributed by atoms with Gasteiger partial charge < -0.3 is 10.6 Å². The van der Waals surface area contributed by atoms with Crippen molar-refractivity contribution in [2.75, 3.05) is 13.1 Å². The van der Waals surface area contributed by atoms with Crippen LogP contribution < -0.4 is 10.6 Å². The van der Waals surface area contributed by atoms with Gasteiger partial charge in [-0.3, -0.25) is 14.9 Å². The van der Waals surface area contributed by atoms with Gasteiger partial charge in [0.1, 0.15) is 6.04 Å². The molecule has 0 aliphatic carbocycles. The van der Waals surface area contributed by atoms with Crippen molar-refractivity contribution in [2.45, 2.75) is 6.04 Å². The minimum Gasteiger partial charge on any atom is -0.353 e. The van der Waals surface area contributed by atoms with Crippen LogP contribution in [0.25, 0.3) is 0 Å². The Bertz CT molecular complexity index is 433. The Morgan fingerprint density at radius 2 is 2.19 bits per heavy atom. The van der Waals surface area contributed by atoms with E-state index < -0.39 is 11.0 Å². The predicted molar refractivity (Wildman–Crippen MR) is 56.8 cm³/mol. The van der Waals surface area contributed by atoms with Crippen LogP contribution >= 0.6 is 0 Å². The summed E-state index contributed by atoms with van der Waals surface area (Å²) in [6.45, 7) is 1.25. The molecule has 1 saturated heterocycles. The third kappa shape index (κ3) is 2.01. The van der Waals surface area contributed by atoms with Crippen LogP contribution in [-0.4, -0.2) is 23.9 Å². The molecule has 1 amide bonds. The Labute approximate surface area is 91.8 Å². The van der Waals surface area contributed by atoms with Crippen molar-refractivity contribution in [2.24, 2.45) is 0 Å². The summed E-state index contributed by atoms with van der Waals surface area (Å²) < 4.78 is 0. The fourth-order valence-electron chi connectivity index (χ4n) is 1.68. The molecule has 0 aromatic heterocycles. The van der Waals surface area contributed by atoms with Gasteiger partial charge >= 0.3 is 0 Å². The van der Waals surface area contributed by atoms with Gasteiger partial charge in [0, 0.05) is 25.2 Å². The second-order valence-corrected chi connectivity index (χ2v) is 3.53. The first kappa shape index (κ1) is 10.6. The smallest absolute Gasteiger partial charge is 0.269 e. The molecule has 0 spiro atoms. The Morgan fingerprint density at radius 1 is 1.38 bits per heavy atom. The predicted octanol–water partition coefficient (Wildman–Crippen LogP) is 0.355. The number of nitro benzene ring substituents is 1. The Hall–Kier alpha value is -1.95. The lowest BCUT2D eigenvalue weighted by molar-refractivity contribution is -0.384. The molecule has 1 aliphatic heterocycles. The number of benzene rings is 1. The zero-order valence-corrected chi connectivity index (χ0v) is 8.47. The number of carbonyl (C=O) groups excluding carboxylic acids is 1. The van der Waals surface area contributed by atoms with Gasteiger partial charge in [0.05, 0.1) is 4.92 Å². The van der Waals surface area contributed by atoms with Gasteiger partial charge in [-0.1, -0.05) is 12.1 Å².